The van der Waals surface area contributed by atoms with Gasteiger partial charge in [0.05, 0.1) is 29.9 Å². The first-order chi connectivity index (χ1) is 13.0. The summed E-state index contributed by atoms with van der Waals surface area (Å²) in [5, 5.41) is 0. The lowest BCUT2D eigenvalue weighted by atomic mass is 10.1. The predicted octanol–water partition coefficient (Wildman–Crippen LogP) is 2.49. The van der Waals surface area contributed by atoms with Crippen LogP contribution in [0.1, 0.15) is 16.8 Å². The van der Waals surface area contributed by atoms with Crippen molar-refractivity contribution in [3.05, 3.63) is 48.0 Å². The zero-order chi connectivity index (χ0) is 19.3. The molecule has 7 nitrogen and oxygen atoms in total. The number of benzene rings is 2. The summed E-state index contributed by atoms with van der Waals surface area (Å²) in [6.07, 6.45) is 0.199. The van der Waals surface area contributed by atoms with Crippen molar-refractivity contribution < 1.29 is 32.2 Å². The maximum absolute atomic E-state index is 12.3. The summed E-state index contributed by atoms with van der Waals surface area (Å²) >= 11 is 0. The Morgan fingerprint density at radius 1 is 1.11 bits per heavy atom. The molecule has 0 N–H and O–H groups in total. The molecule has 27 heavy (non-hydrogen) atoms. The predicted molar refractivity (Wildman–Crippen MR) is 97.4 cm³/mol. The van der Waals surface area contributed by atoms with Crippen molar-refractivity contribution in [3.63, 3.8) is 0 Å². The smallest absolute Gasteiger partial charge is 0.338 e. The lowest BCUT2D eigenvalue weighted by Crippen LogP contribution is -2.17. The molecule has 8 heteroatoms. The molecular weight excluding hydrogens is 372 g/mol. The molecule has 0 atom stereocenters. The van der Waals surface area contributed by atoms with Crippen LogP contribution in [0.5, 0.6) is 17.2 Å². The van der Waals surface area contributed by atoms with Crippen LogP contribution < -0.4 is 14.2 Å². The SMILES string of the molecule is COc1cc(C(=O)OCCCS(=O)(=O)c2ccccc2)cc2c1OCCO2. The molecule has 0 spiro atoms. The molecule has 0 radical (unpaired) electrons. The molecule has 144 valence electrons. The monoisotopic (exact) mass is 392 g/mol. The fourth-order valence-corrected chi connectivity index (χ4v) is 3.94. The number of hydrogen-bond donors (Lipinski definition) is 0. The highest BCUT2D eigenvalue weighted by atomic mass is 32.2. The van der Waals surface area contributed by atoms with Gasteiger partial charge in [-0.05, 0) is 30.7 Å². The van der Waals surface area contributed by atoms with Gasteiger partial charge in [-0.1, -0.05) is 18.2 Å². The van der Waals surface area contributed by atoms with Crippen molar-refractivity contribution in [1.82, 2.24) is 0 Å². The Kier molecular flexibility index (Phi) is 5.85. The number of fused-ring (bicyclic) bond motifs is 1. The molecule has 0 aliphatic carbocycles. The lowest BCUT2D eigenvalue weighted by Gasteiger charge is -2.21. The van der Waals surface area contributed by atoms with Gasteiger partial charge in [0.2, 0.25) is 5.75 Å². The van der Waals surface area contributed by atoms with E-state index in [1.165, 1.54) is 19.2 Å². The van der Waals surface area contributed by atoms with Gasteiger partial charge >= 0.3 is 5.97 Å². The van der Waals surface area contributed by atoms with Crippen LogP contribution in [-0.4, -0.2) is 47.1 Å². The van der Waals surface area contributed by atoms with E-state index >= 15 is 0 Å². The van der Waals surface area contributed by atoms with Crippen molar-refractivity contribution in [1.29, 1.82) is 0 Å². The average molecular weight is 392 g/mol. The van der Waals surface area contributed by atoms with Crippen LogP contribution in [0.15, 0.2) is 47.4 Å². The number of rotatable bonds is 7. The minimum atomic E-state index is -3.39. The van der Waals surface area contributed by atoms with Gasteiger partial charge in [0, 0.05) is 0 Å². The summed E-state index contributed by atoms with van der Waals surface area (Å²) in [5.41, 5.74) is 0.252. The number of carbonyl (C=O) groups excluding carboxylic acids is 1. The minimum Gasteiger partial charge on any atom is -0.493 e. The Labute approximate surface area is 157 Å². The lowest BCUT2D eigenvalue weighted by molar-refractivity contribution is 0.0504. The summed E-state index contributed by atoms with van der Waals surface area (Å²) in [4.78, 5) is 12.5. The molecule has 1 heterocycles. The Morgan fingerprint density at radius 2 is 1.85 bits per heavy atom. The van der Waals surface area contributed by atoms with Crippen LogP contribution in [0.4, 0.5) is 0 Å². The van der Waals surface area contributed by atoms with E-state index in [2.05, 4.69) is 0 Å². The maximum atomic E-state index is 12.3. The van der Waals surface area contributed by atoms with E-state index in [4.69, 9.17) is 18.9 Å². The third-order valence-electron chi connectivity index (χ3n) is 3.96. The molecule has 3 rings (SSSR count). The zero-order valence-corrected chi connectivity index (χ0v) is 15.7. The number of carbonyl (C=O) groups is 1. The fraction of sp³-hybridized carbons (Fsp3) is 0.316. The Bertz CT molecular complexity index is 890. The topological polar surface area (TPSA) is 88.1 Å². The number of ether oxygens (including phenoxy) is 4. The van der Waals surface area contributed by atoms with Gasteiger partial charge in [-0.3, -0.25) is 0 Å². The molecule has 0 fully saturated rings. The van der Waals surface area contributed by atoms with Gasteiger partial charge < -0.3 is 18.9 Å². The normalized spacial score (nSPS) is 13.1. The van der Waals surface area contributed by atoms with Crippen molar-refractivity contribution in [2.24, 2.45) is 0 Å². The van der Waals surface area contributed by atoms with Gasteiger partial charge in [0.25, 0.3) is 0 Å². The minimum absolute atomic E-state index is 0.0122. The van der Waals surface area contributed by atoms with Crippen LogP contribution in [0.3, 0.4) is 0 Å². The fourth-order valence-electron chi connectivity index (χ4n) is 2.63. The summed E-state index contributed by atoms with van der Waals surface area (Å²) in [6, 6.07) is 11.2. The highest BCUT2D eigenvalue weighted by Gasteiger charge is 2.21. The first-order valence-electron chi connectivity index (χ1n) is 8.44. The molecule has 0 aromatic heterocycles. The van der Waals surface area contributed by atoms with Gasteiger partial charge in [-0.2, -0.15) is 0 Å². The van der Waals surface area contributed by atoms with Crippen molar-refractivity contribution in [3.8, 4) is 17.2 Å². The average Bonchev–Trinajstić information content (AvgIpc) is 2.70. The summed E-state index contributed by atoms with van der Waals surface area (Å²) < 4.78 is 45.8. The van der Waals surface area contributed by atoms with Crippen molar-refractivity contribution >= 4 is 15.8 Å². The Hall–Kier alpha value is -2.74. The van der Waals surface area contributed by atoms with E-state index in [0.29, 0.717) is 30.5 Å². The first kappa shape index (κ1) is 19.0. The molecule has 2 aromatic carbocycles. The van der Waals surface area contributed by atoms with Crippen LogP contribution in [0, 0.1) is 0 Å². The number of hydrogen-bond acceptors (Lipinski definition) is 7. The van der Waals surface area contributed by atoms with Crippen molar-refractivity contribution in [2.75, 3.05) is 32.7 Å². The zero-order valence-electron chi connectivity index (χ0n) is 14.8. The Morgan fingerprint density at radius 3 is 2.59 bits per heavy atom. The van der Waals surface area contributed by atoms with Crippen LogP contribution in [0.25, 0.3) is 0 Å². The first-order valence-corrected chi connectivity index (χ1v) is 10.1. The quantitative estimate of drug-likeness (QED) is 0.528. The third kappa shape index (κ3) is 4.51. The molecule has 0 saturated heterocycles. The number of sulfone groups is 1. The van der Waals surface area contributed by atoms with Crippen molar-refractivity contribution in [2.45, 2.75) is 11.3 Å². The standard InChI is InChI=1S/C19H20O7S/c1-23-16-12-14(13-17-18(16)25-10-9-24-17)19(20)26-8-5-11-27(21,22)15-6-3-2-4-7-15/h2-4,6-7,12-13H,5,8-11H2,1H3. The highest BCUT2D eigenvalue weighted by Crippen LogP contribution is 2.40. The molecule has 2 aromatic rings. The van der Waals surface area contributed by atoms with Gasteiger partial charge in [-0.15, -0.1) is 0 Å². The van der Waals surface area contributed by atoms with Gasteiger partial charge in [-0.25, -0.2) is 13.2 Å². The van der Waals surface area contributed by atoms with Crippen LogP contribution in [0.2, 0.25) is 0 Å². The van der Waals surface area contributed by atoms with E-state index in [9.17, 15) is 13.2 Å². The molecule has 0 saturated carbocycles. The van der Waals surface area contributed by atoms with E-state index in [-0.39, 0.29) is 29.2 Å². The van der Waals surface area contributed by atoms with E-state index in [0.717, 1.165) is 0 Å². The number of methoxy groups -OCH3 is 1. The molecular formula is C19H20O7S. The van der Waals surface area contributed by atoms with E-state index in [1.807, 2.05) is 0 Å². The number of esters is 1. The van der Waals surface area contributed by atoms with Gasteiger partial charge in [0.15, 0.2) is 21.3 Å². The molecule has 0 bridgehead atoms. The van der Waals surface area contributed by atoms with Crippen LogP contribution in [-0.2, 0) is 14.6 Å². The third-order valence-corrected chi connectivity index (χ3v) is 5.77. The summed E-state index contributed by atoms with van der Waals surface area (Å²) in [7, 11) is -1.92. The second-order valence-electron chi connectivity index (χ2n) is 5.82. The summed E-state index contributed by atoms with van der Waals surface area (Å²) in [6.45, 7) is 0.775. The molecule has 1 aliphatic heterocycles. The summed E-state index contributed by atoms with van der Waals surface area (Å²) in [5.74, 6) is 0.566. The highest BCUT2D eigenvalue weighted by molar-refractivity contribution is 7.91. The molecule has 0 unspecified atom stereocenters. The molecule has 1 aliphatic rings. The Balaban J connectivity index is 1.58. The largest absolute Gasteiger partial charge is 0.493 e. The second-order valence-corrected chi connectivity index (χ2v) is 7.93. The maximum Gasteiger partial charge on any atom is 0.338 e. The van der Waals surface area contributed by atoms with Gasteiger partial charge in [0.1, 0.15) is 13.2 Å². The van der Waals surface area contributed by atoms with E-state index < -0.39 is 15.8 Å². The molecule has 0 amide bonds. The second kappa shape index (κ2) is 8.30. The van der Waals surface area contributed by atoms with Crippen LogP contribution >= 0.6 is 0 Å². The van der Waals surface area contributed by atoms with E-state index in [1.54, 1.807) is 30.3 Å².